The maximum Gasteiger partial charge on any atom is 0.416 e. The van der Waals surface area contributed by atoms with E-state index < -0.39 is 16.7 Å². The number of non-ortho nitro benzene ring substituents is 1. The van der Waals surface area contributed by atoms with E-state index in [1.54, 1.807) is 19.2 Å². The van der Waals surface area contributed by atoms with Crippen LogP contribution >= 0.6 is 0 Å². The van der Waals surface area contributed by atoms with Crippen molar-refractivity contribution in [2.75, 3.05) is 25.2 Å². The van der Waals surface area contributed by atoms with Gasteiger partial charge in [0.05, 0.1) is 23.1 Å². The Kier molecular flexibility index (Phi) is 5.36. The van der Waals surface area contributed by atoms with Crippen LogP contribution in [0.25, 0.3) is 0 Å². The maximum atomic E-state index is 12.8. The molecule has 1 unspecified atom stereocenters. The SMILES string of the molecule is COC[C@H]1CC(c2ccc(C(F)(F)F)cc2)CN1c1ccc([N+](=O)[O-])cc1. The van der Waals surface area contributed by atoms with Crippen LogP contribution in [0.15, 0.2) is 48.5 Å². The standard InChI is InChI=1S/C19H19F3N2O3/c1-27-12-18-10-14(13-2-4-15(5-3-13)19(20,21)22)11-23(18)16-6-8-17(9-7-16)24(25)26/h2-9,14,18H,10-12H2,1H3/t14?,18-/m1/s1. The van der Waals surface area contributed by atoms with Gasteiger partial charge >= 0.3 is 6.18 Å². The van der Waals surface area contributed by atoms with E-state index in [2.05, 4.69) is 4.90 Å². The van der Waals surface area contributed by atoms with Crippen LogP contribution in [0.2, 0.25) is 0 Å². The Morgan fingerprint density at radius 1 is 1.15 bits per heavy atom. The first kappa shape index (κ1) is 19.2. The lowest BCUT2D eigenvalue weighted by atomic mass is 9.95. The van der Waals surface area contributed by atoms with Crippen molar-refractivity contribution in [3.05, 3.63) is 69.8 Å². The van der Waals surface area contributed by atoms with Crippen molar-refractivity contribution in [1.82, 2.24) is 0 Å². The second-order valence-electron chi connectivity index (χ2n) is 6.59. The third-order valence-electron chi connectivity index (χ3n) is 4.88. The number of benzene rings is 2. The van der Waals surface area contributed by atoms with Crippen molar-refractivity contribution >= 4 is 11.4 Å². The number of hydrogen-bond acceptors (Lipinski definition) is 4. The van der Waals surface area contributed by atoms with Gasteiger partial charge in [-0.2, -0.15) is 13.2 Å². The van der Waals surface area contributed by atoms with Crippen molar-refractivity contribution in [3.63, 3.8) is 0 Å². The number of ether oxygens (including phenoxy) is 1. The highest BCUT2D eigenvalue weighted by molar-refractivity contribution is 5.53. The highest BCUT2D eigenvalue weighted by Crippen LogP contribution is 2.37. The van der Waals surface area contributed by atoms with Crippen molar-refractivity contribution < 1.29 is 22.8 Å². The average Bonchev–Trinajstić information content (AvgIpc) is 3.05. The van der Waals surface area contributed by atoms with Gasteiger partial charge < -0.3 is 9.64 Å². The first-order valence-corrected chi connectivity index (χ1v) is 8.47. The number of nitro benzene ring substituents is 1. The second-order valence-corrected chi connectivity index (χ2v) is 6.59. The van der Waals surface area contributed by atoms with Crippen LogP contribution in [0.4, 0.5) is 24.5 Å². The molecule has 1 fully saturated rings. The molecule has 2 atom stereocenters. The Hall–Kier alpha value is -2.61. The Morgan fingerprint density at radius 3 is 2.30 bits per heavy atom. The minimum atomic E-state index is -4.35. The summed E-state index contributed by atoms with van der Waals surface area (Å²) >= 11 is 0. The van der Waals surface area contributed by atoms with Gasteiger partial charge in [-0.25, -0.2) is 0 Å². The highest BCUT2D eigenvalue weighted by Gasteiger charge is 2.34. The lowest BCUT2D eigenvalue weighted by Crippen LogP contribution is -2.32. The molecule has 144 valence electrons. The molecule has 1 aliphatic rings. The van der Waals surface area contributed by atoms with E-state index in [0.717, 1.165) is 29.8 Å². The molecule has 0 aliphatic carbocycles. The number of halogens is 3. The molecular formula is C19H19F3N2O3. The summed E-state index contributed by atoms with van der Waals surface area (Å²) in [6.07, 6.45) is -3.62. The summed E-state index contributed by atoms with van der Waals surface area (Å²) < 4.78 is 43.6. The third kappa shape index (κ3) is 4.21. The Labute approximate surface area is 154 Å². The molecule has 2 aromatic rings. The molecule has 1 saturated heterocycles. The first-order chi connectivity index (χ1) is 12.8. The van der Waals surface area contributed by atoms with Crippen molar-refractivity contribution in [3.8, 4) is 0 Å². The molecule has 0 N–H and O–H groups in total. The van der Waals surface area contributed by atoms with Gasteiger partial charge in [-0.05, 0) is 36.2 Å². The molecule has 5 nitrogen and oxygen atoms in total. The normalized spacial score (nSPS) is 20.1. The summed E-state index contributed by atoms with van der Waals surface area (Å²) in [7, 11) is 1.60. The predicted molar refractivity (Wildman–Crippen MR) is 94.9 cm³/mol. The van der Waals surface area contributed by atoms with Gasteiger partial charge in [-0.1, -0.05) is 12.1 Å². The topological polar surface area (TPSA) is 55.6 Å². The van der Waals surface area contributed by atoms with E-state index in [0.29, 0.717) is 13.2 Å². The molecule has 1 heterocycles. The largest absolute Gasteiger partial charge is 0.416 e. The number of alkyl halides is 3. The zero-order chi connectivity index (χ0) is 19.6. The molecule has 0 spiro atoms. The molecule has 27 heavy (non-hydrogen) atoms. The van der Waals surface area contributed by atoms with E-state index in [1.807, 2.05) is 0 Å². The fraction of sp³-hybridized carbons (Fsp3) is 0.368. The summed E-state index contributed by atoms with van der Waals surface area (Å²) in [6, 6.07) is 11.6. The second kappa shape index (κ2) is 7.56. The van der Waals surface area contributed by atoms with Gasteiger partial charge in [-0.15, -0.1) is 0 Å². The van der Waals surface area contributed by atoms with E-state index in [1.165, 1.54) is 24.3 Å². The van der Waals surface area contributed by atoms with Crippen LogP contribution in [0.1, 0.15) is 23.5 Å². The van der Waals surface area contributed by atoms with Crippen LogP contribution in [0.3, 0.4) is 0 Å². The molecule has 0 saturated carbocycles. The van der Waals surface area contributed by atoms with Gasteiger partial charge in [-0.3, -0.25) is 10.1 Å². The van der Waals surface area contributed by atoms with Crippen molar-refractivity contribution in [1.29, 1.82) is 0 Å². The fourth-order valence-corrected chi connectivity index (χ4v) is 3.53. The van der Waals surface area contributed by atoms with E-state index in [9.17, 15) is 23.3 Å². The molecule has 3 rings (SSSR count). The number of methoxy groups -OCH3 is 1. The number of nitro groups is 1. The molecule has 0 radical (unpaired) electrons. The Morgan fingerprint density at radius 2 is 1.78 bits per heavy atom. The van der Waals surface area contributed by atoms with Crippen LogP contribution in [-0.2, 0) is 10.9 Å². The predicted octanol–water partition coefficient (Wildman–Crippen LogP) is 4.62. The van der Waals surface area contributed by atoms with Gasteiger partial charge in [0.15, 0.2) is 0 Å². The summed E-state index contributed by atoms with van der Waals surface area (Å²) in [6.45, 7) is 1.07. The van der Waals surface area contributed by atoms with Crippen molar-refractivity contribution in [2.24, 2.45) is 0 Å². The Balaban J connectivity index is 1.81. The lowest BCUT2D eigenvalue weighted by molar-refractivity contribution is -0.384. The number of hydrogen-bond donors (Lipinski definition) is 0. The van der Waals surface area contributed by atoms with Gasteiger partial charge in [0.1, 0.15) is 0 Å². The van der Waals surface area contributed by atoms with E-state index in [-0.39, 0.29) is 17.6 Å². The molecule has 0 amide bonds. The number of anilines is 1. The molecule has 0 aromatic heterocycles. The summed E-state index contributed by atoms with van der Waals surface area (Å²) in [5, 5.41) is 10.8. The number of rotatable bonds is 5. The summed E-state index contributed by atoms with van der Waals surface area (Å²) in [5.41, 5.74) is 1.02. The molecule has 2 aromatic carbocycles. The smallest absolute Gasteiger partial charge is 0.383 e. The van der Waals surface area contributed by atoms with E-state index >= 15 is 0 Å². The lowest BCUT2D eigenvalue weighted by Gasteiger charge is -2.26. The van der Waals surface area contributed by atoms with Crippen LogP contribution in [0, 0.1) is 10.1 Å². The van der Waals surface area contributed by atoms with Crippen LogP contribution in [0.5, 0.6) is 0 Å². The minimum absolute atomic E-state index is 0.0144. The van der Waals surface area contributed by atoms with Gasteiger partial charge in [0.2, 0.25) is 0 Å². The monoisotopic (exact) mass is 380 g/mol. The number of nitrogens with zero attached hydrogens (tertiary/aromatic N) is 2. The molecule has 0 bridgehead atoms. The quantitative estimate of drug-likeness (QED) is 0.561. The van der Waals surface area contributed by atoms with Crippen LogP contribution in [-0.4, -0.2) is 31.2 Å². The third-order valence-corrected chi connectivity index (χ3v) is 4.88. The van der Waals surface area contributed by atoms with Crippen LogP contribution < -0.4 is 4.90 Å². The van der Waals surface area contributed by atoms with Gasteiger partial charge in [0, 0.05) is 37.4 Å². The van der Waals surface area contributed by atoms with E-state index in [4.69, 9.17) is 4.74 Å². The fourth-order valence-electron chi connectivity index (χ4n) is 3.53. The zero-order valence-corrected chi connectivity index (χ0v) is 14.6. The van der Waals surface area contributed by atoms with Gasteiger partial charge in [0.25, 0.3) is 5.69 Å². The highest BCUT2D eigenvalue weighted by atomic mass is 19.4. The first-order valence-electron chi connectivity index (χ1n) is 8.47. The molecular weight excluding hydrogens is 361 g/mol. The molecule has 1 aliphatic heterocycles. The average molecular weight is 380 g/mol. The summed E-state index contributed by atoms with van der Waals surface area (Å²) in [5.74, 6) is 0.0580. The minimum Gasteiger partial charge on any atom is -0.383 e. The molecule has 8 heteroatoms. The summed E-state index contributed by atoms with van der Waals surface area (Å²) in [4.78, 5) is 12.5. The zero-order valence-electron chi connectivity index (χ0n) is 14.6. The Bertz CT molecular complexity index is 791. The maximum absolute atomic E-state index is 12.8. The van der Waals surface area contributed by atoms with Crippen molar-refractivity contribution in [2.45, 2.75) is 24.6 Å².